The summed E-state index contributed by atoms with van der Waals surface area (Å²) >= 11 is 2.57. The zero-order valence-electron chi connectivity index (χ0n) is 5.83. The fraction of sp³-hybridized carbons (Fsp3) is 0.556. The van der Waals surface area contributed by atoms with E-state index in [1.807, 2.05) is 0 Å². The summed E-state index contributed by atoms with van der Waals surface area (Å²) in [5.41, 5.74) is 0. The molecule has 0 radical (unpaired) electrons. The van der Waals surface area contributed by atoms with Crippen LogP contribution in [-0.2, 0) is 0 Å². The highest BCUT2D eigenvalue weighted by molar-refractivity contribution is 14.1. The molecule has 10 heavy (non-hydrogen) atoms. The molecule has 2 rings (SSSR count). The molecule has 0 saturated heterocycles. The Balaban J connectivity index is 2.14. The van der Waals surface area contributed by atoms with Crippen LogP contribution < -0.4 is 0 Å². The summed E-state index contributed by atoms with van der Waals surface area (Å²) in [6, 6.07) is 0. The number of fused-ring (bicyclic) bond motifs is 1. The minimum absolute atomic E-state index is 0.867. The van der Waals surface area contributed by atoms with Crippen molar-refractivity contribution in [3.8, 4) is 0 Å². The molecule has 0 aromatic carbocycles. The van der Waals surface area contributed by atoms with Crippen LogP contribution in [0, 0.1) is 11.8 Å². The van der Waals surface area contributed by atoms with Crippen molar-refractivity contribution in [3.05, 3.63) is 24.3 Å². The molecule has 0 bridgehead atoms. The third-order valence-electron chi connectivity index (χ3n) is 2.43. The Hall–Kier alpha value is 0.210. The summed E-state index contributed by atoms with van der Waals surface area (Å²) in [6.07, 6.45) is 11.9. The molecule has 1 saturated carbocycles. The highest BCUT2D eigenvalue weighted by atomic mass is 127. The van der Waals surface area contributed by atoms with Crippen LogP contribution in [0.5, 0.6) is 0 Å². The van der Waals surface area contributed by atoms with E-state index in [1.165, 1.54) is 12.8 Å². The van der Waals surface area contributed by atoms with Gasteiger partial charge in [-0.25, -0.2) is 0 Å². The van der Waals surface area contributed by atoms with Crippen LogP contribution in [-0.4, -0.2) is 3.92 Å². The lowest BCUT2D eigenvalue weighted by atomic mass is 9.92. The van der Waals surface area contributed by atoms with Gasteiger partial charge in [-0.3, -0.25) is 0 Å². The lowest BCUT2D eigenvalue weighted by Gasteiger charge is -2.13. The first-order valence-electron chi connectivity index (χ1n) is 3.85. The van der Waals surface area contributed by atoms with Crippen LogP contribution in [0.4, 0.5) is 0 Å². The molecule has 0 aliphatic heterocycles. The number of allylic oxidation sites excluding steroid dienone is 4. The molecule has 0 aromatic rings. The molecular formula is C9H11I. The van der Waals surface area contributed by atoms with Crippen molar-refractivity contribution in [2.45, 2.75) is 16.8 Å². The summed E-state index contributed by atoms with van der Waals surface area (Å²) in [5, 5.41) is 0. The highest BCUT2D eigenvalue weighted by Gasteiger charge is 2.29. The Morgan fingerprint density at radius 1 is 1.00 bits per heavy atom. The number of rotatable bonds is 0. The SMILES string of the molecule is IC1CC2C=CC=CC2C1. The molecular weight excluding hydrogens is 235 g/mol. The summed E-state index contributed by atoms with van der Waals surface area (Å²) < 4.78 is 0.917. The Bertz CT molecular complexity index is 161. The van der Waals surface area contributed by atoms with E-state index in [1.54, 1.807) is 0 Å². The second-order valence-corrected chi connectivity index (χ2v) is 4.93. The van der Waals surface area contributed by atoms with Gasteiger partial charge in [-0.2, -0.15) is 0 Å². The number of hydrogen-bond donors (Lipinski definition) is 0. The van der Waals surface area contributed by atoms with Crippen LogP contribution in [0.3, 0.4) is 0 Å². The molecule has 0 heterocycles. The van der Waals surface area contributed by atoms with Gasteiger partial charge in [0.2, 0.25) is 0 Å². The lowest BCUT2D eigenvalue weighted by Crippen LogP contribution is -2.03. The Labute approximate surface area is 75.5 Å². The summed E-state index contributed by atoms with van der Waals surface area (Å²) in [7, 11) is 0. The molecule has 2 aliphatic rings. The van der Waals surface area contributed by atoms with Gasteiger partial charge in [-0.05, 0) is 24.7 Å². The smallest absolute Gasteiger partial charge is 0.0121 e. The summed E-state index contributed by atoms with van der Waals surface area (Å²) in [5.74, 6) is 1.73. The van der Waals surface area contributed by atoms with E-state index >= 15 is 0 Å². The predicted molar refractivity (Wildman–Crippen MR) is 52.3 cm³/mol. The molecule has 0 nitrogen and oxygen atoms in total. The lowest BCUT2D eigenvalue weighted by molar-refractivity contribution is 0.552. The van der Waals surface area contributed by atoms with Gasteiger partial charge in [0.1, 0.15) is 0 Å². The molecule has 54 valence electrons. The Morgan fingerprint density at radius 2 is 1.50 bits per heavy atom. The highest BCUT2D eigenvalue weighted by Crippen LogP contribution is 2.39. The van der Waals surface area contributed by atoms with Crippen molar-refractivity contribution in [2.24, 2.45) is 11.8 Å². The minimum Gasteiger partial charge on any atom is -0.0826 e. The van der Waals surface area contributed by atoms with Gasteiger partial charge in [-0.15, -0.1) is 0 Å². The topological polar surface area (TPSA) is 0 Å². The number of hydrogen-bond acceptors (Lipinski definition) is 0. The maximum atomic E-state index is 2.57. The van der Waals surface area contributed by atoms with Gasteiger partial charge in [0.05, 0.1) is 0 Å². The minimum atomic E-state index is 0.867. The normalized spacial score (nSPS) is 43.9. The molecule has 1 heteroatoms. The van der Waals surface area contributed by atoms with Gasteiger partial charge in [0.25, 0.3) is 0 Å². The zero-order chi connectivity index (χ0) is 6.97. The first kappa shape index (κ1) is 6.89. The van der Waals surface area contributed by atoms with E-state index in [9.17, 15) is 0 Å². The van der Waals surface area contributed by atoms with Crippen LogP contribution in [0.2, 0.25) is 0 Å². The van der Waals surface area contributed by atoms with Crippen molar-refractivity contribution in [2.75, 3.05) is 0 Å². The molecule has 1 fully saturated rings. The predicted octanol–water partition coefficient (Wildman–Crippen LogP) is 2.94. The van der Waals surface area contributed by atoms with Crippen molar-refractivity contribution >= 4 is 22.6 Å². The maximum Gasteiger partial charge on any atom is 0.0121 e. The van der Waals surface area contributed by atoms with Gasteiger partial charge in [0.15, 0.2) is 0 Å². The van der Waals surface area contributed by atoms with Crippen LogP contribution in [0.15, 0.2) is 24.3 Å². The third kappa shape index (κ3) is 1.16. The fourth-order valence-electron chi connectivity index (χ4n) is 1.89. The second-order valence-electron chi connectivity index (χ2n) is 3.17. The Kier molecular flexibility index (Phi) is 1.85. The van der Waals surface area contributed by atoms with E-state index < -0.39 is 0 Å². The Morgan fingerprint density at radius 3 is 2.00 bits per heavy atom. The zero-order valence-corrected chi connectivity index (χ0v) is 7.99. The average molecular weight is 246 g/mol. The van der Waals surface area contributed by atoms with Crippen LogP contribution >= 0.6 is 22.6 Å². The molecule has 0 aromatic heterocycles. The maximum absolute atomic E-state index is 2.57. The van der Waals surface area contributed by atoms with E-state index in [-0.39, 0.29) is 0 Å². The van der Waals surface area contributed by atoms with Gasteiger partial charge in [0, 0.05) is 3.92 Å². The van der Waals surface area contributed by atoms with Gasteiger partial charge < -0.3 is 0 Å². The average Bonchev–Trinajstić information content (AvgIpc) is 2.27. The second kappa shape index (κ2) is 2.68. The molecule has 2 atom stereocenters. The van der Waals surface area contributed by atoms with Gasteiger partial charge in [-0.1, -0.05) is 46.9 Å². The number of halogens is 1. The molecule has 0 amide bonds. The summed E-state index contributed by atoms with van der Waals surface area (Å²) in [4.78, 5) is 0. The first-order valence-corrected chi connectivity index (χ1v) is 5.10. The van der Waals surface area contributed by atoms with E-state index in [0.717, 1.165) is 15.8 Å². The molecule has 0 spiro atoms. The number of alkyl halides is 1. The van der Waals surface area contributed by atoms with E-state index in [2.05, 4.69) is 46.9 Å². The molecule has 2 aliphatic carbocycles. The summed E-state index contributed by atoms with van der Waals surface area (Å²) in [6.45, 7) is 0. The van der Waals surface area contributed by atoms with Crippen molar-refractivity contribution in [1.29, 1.82) is 0 Å². The van der Waals surface area contributed by atoms with Crippen LogP contribution in [0.25, 0.3) is 0 Å². The first-order chi connectivity index (χ1) is 4.86. The van der Waals surface area contributed by atoms with Crippen molar-refractivity contribution in [3.63, 3.8) is 0 Å². The largest absolute Gasteiger partial charge is 0.0826 e. The van der Waals surface area contributed by atoms with Gasteiger partial charge >= 0.3 is 0 Å². The van der Waals surface area contributed by atoms with Crippen LogP contribution in [0.1, 0.15) is 12.8 Å². The van der Waals surface area contributed by atoms with E-state index in [0.29, 0.717) is 0 Å². The third-order valence-corrected chi connectivity index (χ3v) is 3.45. The molecule has 2 unspecified atom stereocenters. The van der Waals surface area contributed by atoms with Crippen molar-refractivity contribution < 1.29 is 0 Å². The fourth-order valence-corrected chi connectivity index (χ4v) is 3.07. The monoisotopic (exact) mass is 246 g/mol. The van der Waals surface area contributed by atoms with E-state index in [4.69, 9.17) is 0 Å². The standard InChI is InChI=1S/C9H11I/c10-9-5-7-3-1-2-4-8(7)6-9/h1-4,7-9H,5-6H2. The molecule has 0 N–H and O–H groups in total. The quantitative estimate of drug-likeness (QED) is 0.455. The van der Waals surface area contributed by atoms with Crippen molar-refractivity contribution in [1.82, 2.24) is 0 Å².